The number of carbonyl (C=O) groups is 3. The van der Waals surface area contributed by atoms with Gasteiger partial charge in [0.25, 0.3) is 6.23 Å². The molecular weight excluding hydrogens is 194 g/mol. The molecule has 0 saturated heterocycles. The Morgan fingerprint density at radius 1 is 1.43 bits per heavy atom. The summed E-state index contributed by atoms with van der Waals surface area (Å²) in [6, 6.07) is -1.34. The largest absolute Gasteiger partial charge is 0.481 e. The summed E-state index contributed by atoms with van der Waals surface area (Å²) in [5, 5.41) is 19.0. The van der Waals surface area contributed by atoms with Crippen molar-refractivity contribution in [1.82, 2.24) is 5.32 Å². The molecular formula is C6H12N3O5+. The summed E-state index contributed by atoms with van der Waals surface area (Å²) in [6.45, 7) is 0. The summed E-state index contributed by atoms with van der Waals surface area (Å²) < 4.78 is 0. The lowest BCUT2D eigenvalue weighted by molar-refractivity contribution is -0.462. The van der Waals surface area contributed by atoms with Crippen LogP contribution >= 0.6 is 0 Å². The Labute approximate surface area is 78.9 Å². The number of primary amides is 1. The fourth-order valence-electron chi connectivity index (χ4n) is 0.665. The van der Waals surface area contributed by atoms with Crippen LogP contribution in [0.1, 0.15) is 6.42 Å². The van der Waals surface area contributed by atoms with Crippen LogP contribution in [0, 0.1) is 0 Å². The Balaban J connectivity index is 4.31. The molecule has 0 heterocycles. The molecule has 2 atom stereocenters. The van der Waals surface area contributed by atoms with Gasteiger partial charge in [-0.2, -0.15) is 0 Å². The van der Waals surface area contributed by atoms with Crippen molar-refractivity contribution < 1.29 is 30.3 Å². The van der Waals surface area contributed by atoms with Crippen molar-refractivity contribution in [2.45, 2.75) is 18.7 Å². The lowest BCUT2D eigenvalue weighted by atomic mass is 10.2. The van der Waals surface area contributed by atoms with E-state index in [1.54, 1.807) is 0 Å². The van der Waals surface area contributed by atoms with Gasteiger partial charge >= 0.3 is 11.9 Å². The lowest BCUT2D eigenvalue weighted by Gasteiger charge is -2.12. The predicted molar refractivity (Wildman–Crippen MR) is 42.3 cm³/mol. The number of aliphatic hydroxyl groups is 1. The van der Waals surface area contributed by atoms with Crippen molar-refractivity contribution in [2.24, 2.45) is 5.73 Å². The van der Waals surface area contributed by atoms with Gasteiger partial charge in [-0.3, -0.25) is 14.4 Å². The highest BCUT2D eigenvalue weighted by Gasteiger charge is 2.24. The Hall–Kier alpha value is -1.67. The van der Waals surface area contributed by atoms with E-state index in [1.165, 1.54) is 0 Å². The standard InChI is InChI=1S/C6H11N3O5/c7-4(12)2(1-3(10)11)9-6(14)5(8)13/h2,5,13H,1,8H2,(H2,7,12)(H,9,14)(H,10,11)/p+1/t2-,5-/m0/s1. The SMILES string of the molecule is NC(=O)[C@H](CC(=O)O)NC(=O)[C@@H]([NH3+])O. The van der Waals surface area contributed by atoms with Gasteiger partial charge in [-0.25, -0.2) is 0 Å². The minimum absolute atomic E-state index is 0.631. The predicted octanol–water partition coefficient (Wildman–Crippen LogP) is -4.01. The fraction of sp³-hybridized carbons (Fsp3) is 0.500. The molecule has 80 valence electrons. The number of hydrogen-bond acceptors (Lipinski definition) is 4. The highest BCUT2D eigenvalue weighted by molar-refractivity contribution is 5.90. The van der Waals surface area contributed by atoms with E-state index < -0.39 is 36.5 Å². The Kier molecular flexibility index (Phi) is 4.53. The van der Waals surface area contributed by atoms with Crippen LogP contribution in [-0.4, -0.2) is 40.3 Å². The molecule has 0 bridgehead atoms. The van der Waals surface area contributed by atoms with Crippen LogP contribution in [0.2, 0.25) is 0 Å². The van der Waals surface area contributed by atoms with Crippen LogP contribution < -0.4 is 16.8 Å². The first-order valence-corrected chi connectivity index (χ1v) is 3.67. The number of quaternary nitrogens is 1. The Bertz CT molecular complexity index is 252. The maximum atomic E-state index is 10.8. The quantitative estimate of drug-likeness (QED) is 0.289. The summed E-state index contributed by atoms with van der Waals surface area (Å²) in [7, 11) is 0. The number of rotatable bonds is 5. The Morgan fingerprint density at radius 3 is 2.21 bits per heavy atom. The number of hydrogen-bond donors (Lipinski definition) is 5. The van der Waals surface area contributed by atoms with Crippen molar-refractivity contribution in [3.05, 3.63) is 0 Å². The van der Waals surface area contributed by atoms with Crippen LogP contribution in [0.15, 0.2) is 0 Å². The Morgan fingerprint density at radius 2 is 1.93 bits per heavy atom. The van der Waals surface area contributed by atoms with Gasteiger partial charge in [-0.1, -0.05) is 0 Å². The number of carbonyl (C=O) groups excluding carboxylic acids is 2. The van der Waals surface area contributed by atoms with Gasteiger partial charge in [-0.15, -0.1) is 0 Å². The zero-order valence-electron chi connectivity index (χ0n) is 7.27. The van der Waals surface area contributed by atoms with Gasteiger partial charge in [0, 0.05) is 0 Å². The van der Waals surface area contributed by atoms with Crippen LogP contribution in [0.3, 0.4) is 0 Å². The summed E-state index contributed by atoms with van der Waals surface area (Å²) in [6.07, 6.45) is -2.20. The number of carboxylic acid groups (broad SMARTS) is 1. The molecule has 0 aromatic rings. The topological polar surface area (TPSA) is 157 Å². The number of amides is 2. The van der Waals surface area contributed by atoms with Crippen LogP contribution in [0.5, 0.6) is 0 Å². The average molecular weight is 206 g/mol. The summed E-state index contributed by atoms with van der Waals surface area (Å²) in [5.74, 6) is -3.22. The third-order valence-electron chi connectivity index (χ3n) is 1.34. The summed E-state index contributed by atoms with van der Waals surface area (Å²) in [5.41, 5.74) is 7.79. The van der Waals surface area contributed by atoms with Crippen molar-refractivity contribution in [3.8, 4) is 0 Å². The molecule has 2 amide bonds. The normalized spacial score (nSPS) is 14.1. The third-order valence-corrected chi connectivity index (χ3v) is 1.34. The van der Waals surface area contributed by atoms with E-state index in [0.29, 0.717) is 0 Å². The van der Waals surface area contributed by atoms with E-state index >= 15 is 0 Å². The van der Waals surface area contributed by atoms with E-state index in [9.17, 15) is 14.4 Å². The number of carboxylic acids is 1. The molecule has 0 fully saturated rings. The fourth-order valence-corrected chi connectivity index (χ4v) is 0.665. The van der Waals surface area contributed by atoms with E-state index in [1.807, 2.05) is 5.32 Å². The molecule has 0 unspecified atom stereocenters. The molecule has 0 aliphatic rings. The molecule has 0 rings (SSSR count). The van der Waals surface area contributed by atoms with Crippen molar-refractivity contribution in [3.63, 3.8) is 0 Å². The zero-order valence-corrected chi connectivity index (χ0v) is 7.27. The molecule has 0 saturated carbocycles. The number of nitrogens with one attached hydrogen (secondary N) is 1. The van der Waals surface area contributed by atoms with Gasteiger partial charge in [-0.05, 0) is 0 Å². The molecule has 0 aromatic heterocycles. The molecule has 0 radical (unpaired) electrons. The molecule has 14 heavy (non-hydrogen) atoms. The van der Waals surface area contributed by atoms with Gasteiger partial charge in [0.2, 0.25) is 5.91 Å². The zero-order chi connectivity index (χ0) is 11.3. The minimum atomic E-state index is -1.56. The highest BCUT2D eigenvalue weighted by atomic mass is 16.4. The van der Waals surface area contributed by atoms with Crippen LogP contribution in [-0.2, 0) is 14.4 Å². The first kappa shape index (κ1) is 12.3. The summed E-state index contributed by atoms with van der Waals surface area (Å²) in [4.78, 5) is 31.7. The second kappa shape index (κ2) is 5.14. The van der Waals surface area contributed by atoms with Crippen LogP contribution in [0.4, 0.5) is 0 Å². The maximum absolute atomic E-state index is 10.8. The van der Waals surface area contributed by atoms with Gasteiger partial charge in [0.05, 0.1) is 6.42 Å². The molecule has 8 nitrogen and oxygen atoms in total. The number of aliphatic hydroxyl groups excluding tert-OH is 1. The third kappa shape index (κ3) is 4.38. The average Bonchev–Trinajstić information content (AvgIpc) is 2.01. The van der Waals surface area contributed by atoms with E-state index in [4.69, 9.17) is 15.9 Å². The van der Waals surface area contributed by atoms with E-state index in [-0.39, 0.29) is 0 Å². The molecule has 0 aromatic carbocycles. The molecule has 8 heteroatoms. The van der Waals surface area contributed by atoms with E-state index in [0.717, 1.165) is 0 Å². The second-order valence-electron chi connectivity index (χ2n) is 2.58. The highest BCUT2D eigenvalue weighted by Crippen LogP contribution is 1.91. The molecule has 0 aliphatic heterocycles. The van der Waals surface area contributed by atoms with Crippen molar-refractivity contribution in [1.29, 1.82) is 0 Å². The molecule has 0 aliphatic carbocycles. The van der Waals surface area contributed by atoms with Crippen molar-refractivity contribution in [2.75, 3.05) is 0 Å². The smallest absolute Gasteiger partial charge is 0.308 e. The maximum Gasteiger partial charge on any atom is 0.308 e. The monoisotopic (exact) mass is 206 g/mol. The molecule has 0 spiro atoms. The molecule has 8 N–H and O–H groups in total. The number of aliphatic carboxylic acids is 1. The van der Waals surface area contributed by atoms with Crippen LogP contribution in [0.25, 0.3) is 0 Å². The van der Waals surface area contributed by atoms with Gasteiger partial charge in [0.1, 0.15) is 6.04 Å². The minimum Gasteiger partial charge on any atom is -0.481 e. The number of nitrogens with two attached hydrogens (primary N) is 1. The van der Waals surface area contributed by atoms with Crippen molar-refractivity contribution >= 4 is 17.8 Å². The second-order valence-corrected chi connectivity index (χ2v) is 2.58. The lowest BCUT2D eigenvalue weighted by Crippen LogP contribution is -2.68. The first-order chi connectivity index (χ1) is 6.34. The first-order valence-electron chi connectivity index (χ1n) is 3.67. The van der Waals surface area contributed by atoms with Gasteiger partial charge in [0.15, 0.2) is 0 Å². The summed E-state index contributed by atoms with van der Waals surface area (Å²) >= 11 is 0. The van der Waals surface area contributed by atoms with E-state index in [2.05, 4.69) is 5.73 Å². The van der Waals surface area contributed by atoms with Gasteiger partial charge < -0.3 is 27.0 Å².